The summed E-state index contributed by atoms with van der Waals surface area (Å²) in [5, 5.41) is 0. The summed E-state index contributed by atoms with van der Waals surface area (Å²) in [5.41, 5.74) is 0. The molecule has 0 unspecified atom stereocenters. The smallest absolute Gasteiger partial charge is 0.347 e. The molecule has 1 saturated heterocycles. The third-order valence-electron chi connectivity index (χ3n) is 3.57. The van der Waals surface area contributed by atoms with E-state index in [1.807, 2.05) is 13.8 Å². The van der Waals surface area contributed by atoms with Gasteiger partial charge in [0.15, 0.2) is 6.10 Å². The van der Waals surface area contributed by atoms with Crippen molar-refractivity contribution in [3.63, 3.8) is 0 Å². The molecular formula is C15H27O7P. The van der Waals surface area contributed by atoms with Crippen LogP contribution < -0.4 is 0 Å². The van der Waals surface area contributed by atoms with Crippen LogP contribution in [0.2, 0.25) is 0 Å². The molecule has 134 valence electrons. The molecular weight excluding hydrogens is 323 g/mol. The van der Waals surface area contributed by atoms with Crippen LogP contribution in [0.25, 0.3) is 0 Å². The maximum absolute atomic E-state index is 12.8. The van der Waals surface area contributed by atoms with Gasteiger partial charge in [-0.15, -0.1) is 0 Å². The molecule has 1 rings (SSSR count). The van der Waals surface area contributed by atoms with Crippen LogP contribution in [0, 0.1) is 5.92 Å². The van der Waals surface area contributed by atoms with Crippen LogP contribution >= 0.6 is 7.60 Å². The van der Waals surface area contributed by atoms with Gasteiger partial charge in [0.25, 0.3) is 0 Å². The van der Waals surface area contributed by atoms with E-state index in [-0.39, 0.29) is 12.6 Å². The summed E-state index contributed by atoms with van der Waals surface area (Å²) in [7, 11) is -2.15. The minimum Gasteiger partial charge on any atom is -0.466 e. The van der Waals surface area contributed by atoms with E-state index in [1.54, 1.807) is 0 Å². The van der Waals surface area contributed by atoms with E-state index in [0.717, 1.165) is 25.7 Å². The van der Waals surface area contributed by atoms with Gasteiger partial charge in [0.05, 0.1) is 32.4 Å². The number of methoxy groups -OCH3 is 1. The molecule has 0 aromatic carbocycles. The molecule has 0 amide bonds. The zero-order valence-corrected chi connectivity index (χ0v) is 15.0. The van der Waals surface area contributed by atoms with Crippen LogP contribution in [0.4, 0.5) is 0 Å². The van der Waals surface area contributed by atoms with Crippen molar-refractivity contribution in [2.24, 2.45) is 5.92 Å². The molecule has 0 spiro atoms. The molecule has 23 heavy (non-hydrogen) atoms. The summed E-state index contributed by atoms with van der Waals surface area (Å²) in [6, 6.07) is 0. The number of hydrogen-bond acceptors (Lipinski definition) is 7. The number of ether oxygens (including phenoxy) is 2. The second kappa shape index (κ2) is 10.1. The molecule has 0 bridgehead atoms. The number of rotatable bonds is 11. The van der Waals surface area contributed by atoms with Gasteiger partial charge in [0.2, 0.25) is 0 Å². The Balaban J connectivity index is 2.65. The van der Waals surface area contributed by atoms with Crippen molar-refractivity contribution in [3.8, 4) is 0 Å². The van der Waals surface area contributed by atoms with E-state index >= 15 is 0 Å². The number of cyclic esters (lactones) is 1. The molecule has 0 aliphatic carbocycles. The fourth-order valence-corrected chi connectivity index (χ4v) is 4.11. The molecule has 8 heteroatoms. The minimum atomic E-state index is -3.38. The average Bonchev–Trinajstić information content (AvgIpc) is 2.88. The van der Waals surface area contributed by atoms with Gasteiger partial charge in [-0.2, -0.15) is 0 Å². The lowest BCUT2D eigenvalue weighted by molar-refractivity contribution is -0.159. The van der Waals surface area contributed by atoms with E-state index in [0.29, 0.717) is 13.2 Å². The summed E-state index contributed by atoms with van der Waals surface area (Å²) in [6.45, 7) is 4.65. The van der Waals surface area contributed by atoms with Gasteiger partial charge in [-0.05, 0) is 12.8 Å². The molecule has 2 atom stereocenters. The van der Waals surface area contributed by atoms with Gasteiger partial charge >= 0.3 is 19.5 Å². The van der Waals surface area contributed by atoms with E-state index < -0.39 is 31.6 Å². The zero-order chi connectivity index (χ0) is 17.3. The predicted molar refractivity (Wildman–Crippen MR) is 84.2 cm³/mol. The second-order valence-electron chi connectivity index (χ2n) is 5.55. The molecule has 0 aromatic heterocycles. The minimum absolute atomic E-state index is 0.0627. The molecule has 1 heterocycles. The van der Waals surface area contributed by atoms with Crippen LogP contribution in [0.1, 0.15) is 46.0 Å². The molecule has 1 fully saturated rings. The van der Waals surface area contributed by atoms with Crippen LogP contribution in [0.3, 0.4) is 0 Å². The Labute approximate surface area is 137 Å². The Morgan fingerprint density at radius 2 is 1.78 bits per heavy atom. The lowest BCUT2D eigenvalue weighted by Crippen LogP contribution is -2.21. The van der Waals surface area contributed by atoms with E-state index in [1.165, 1.54) is 7.11 Å². The molecule has 0 aromatic rings. The first-order valence-corrected chi connectivity index (χ1v) is 9.85. The quantitative estimate of drug-likeness (QED) is 0.321. The first-order chi connectivity index (χ1) is 11.0. The Bertz CT molecular complexity index is 424. The SMILES string of the molecule is CCCCOP(=O)(C[C@H]1C[C@@H](C(=O)OC)OC1=O)OCCCC. The van der Waals surface area contributed by atoms with Crippen molar-refractivity contribution >= 4 is 19.5 Å². The van der Waals surface area contributed by atoms with Crippen molar-refractivity contribution in [2.75, 3.05) is 26.5 Å². The topological polar surface area (TPSA) is 88.1 Å². The lowest BCUT2D eigenvalue weighted by atomic mass is 10.1. The Kier molecular flexibility index (Phi) is 8.81. The number of esters is 2. The zero-order valence-electron chi connectivity index (χ0n) is 14.1. The summed E-state index contributed by atoms with van der Waals surface area (Å²) in [4.78, 5) is 23.3. The van der Waals surface area contributed by atoms with Gasteiger partial charge in [-0.3, -0.25) is 9.36 Å². The highest BCUT2D eigenvalue weighted by Crippen LogP contribution is 2.51. The van der Waals surface area contributed by atoms with Gasteiger partial charge in [-0.1, -0.05) is 26.7 Å². The summed E-state index contributed by atoms with van der Waals surface area (Å²) >= 11 is 0. The molecule has 1 aliphatic rings. The van der Waals surface area contributed by atoms with Crippen molar-refractivity contribution in [1.82, 2.24) is 0 Å². The van der Waals surface area contributed by atoms with Crippen molar-refractivity contribution in [1.29, 1.82) is 0 Å². The average molecular weight is 350 g/mol. The predicted octanol–water partition coefficient (Wildman–Crippen LogP) is 2.92. The highest BCUT2D eigenvalue weighted by Gasteiger charge is 2.43. The van der Waals surface area contributed by atoms with Gasteiger partial charge in [0.1, 0.15) is 0 Å². The van der Waals surface area contributed by atoms with Crippen molar-refractivity contribution in [2.45, 2.75) is 52.1 Å². The normalized spacial score (nSPS) is 21.3. The molecule has 0 saturated carbocycles. The third-order valence-corrected chi connectivity index (χ3v) is 5.61. The fourth-order valence-electron chi connectivity index (χ4n) is 2.17. The molecule has 1 aliphatic heterocycles. The highest BCUT2D eigenvalue weighted by molar-refractivity contribution is 7.53. The Morgan fingerprint density at radius 1 is 1.22 bits per heavy atom. The van der Waals surface area contributed by atoms with Crippen LogP contribution in [-0.4, -0.2) is 44.5 Å². The maximum Gasteiger partial charge on any atom is 0.347 e. The monoisotopic (exact) mass is 350 g/mol. The summed E-state index contributed by atoms with van der Waals surface area (Å²) < 4.78 is 33.3. The van der Waals surface area contributed by atoms with Crippen molar-refractivity contribution < 1.29 is 32.7 Å². The van der Waals surface area contributed by atoms with Gasteiger partial charge in [-0.25, -0.2) is 4.79 Å². The number of carbonyl (C=O) groups is 2. The van der Waals surface area contributed by atoms with E-state index in [4.69, 9.17) is 13.8 Å². The first kappa shape index (κ1) is 20.1. The van der Waals surface area contributed by atoms with Crippen LogP contribution in [0.15, 0.2) is 0 Å². The first-order valence-electron chi connectivity index (χ1n) is 8.12. The molecule has 0 radical (unpaired) electrons. The van der Waals surface area contributed by atoms with Gasteiger partial charge < -0.3 is 18.5 Å². The van der Waals surface area contributed by atoms with E-state index in [9.17, 15) is 14.2 Å². The number of hydrogen-bond donors (Lipinski definition) is 0. The van der Waals surface area contributed by atoms with Gasteiger partial charge in [0, 0.05) is 6.42 Å². The summed E-state index contributed by atoms with van der Waals surface area (Å²) in [5.74, 6) is -1.83. The maximum atomic E-state index is 12.8. The Hall–Kier alpha value is -0.910. The van der Waals surface area contributed by atoms with Crippen LogP contribution in [0.5, 0.6) is 0 Å². The van der Waals surface area contributed by atoms with E-state index in [2.05, 4.69) is 4.74 Å². The number of carbonyl (C=O) groups excluding carboxylic acids is 2. The highest BCUT2D eigenvalue weighted by atomic mass is 31.2. The standard InChI is InChI=1S/C15H27O7P/c1-4-6-8-20-23(18,21-9-7-5-2)11-12-10-13(15(17)19-3)22-14(12)16/h12-13H,4-11H2,1-3H3/t12-,13+/m1/s1. The van der Waals surface area contributed by atoms with Crippen LogP contribution in [-0.2, 0) is 32.7 Å². The number of unbranched alkanes of at least 4 members (excludes halogenated alkanes) is 2. The summed E-state index contributed by atoms with van der Waals surface area (Å²) in [6.07, 6.45) is 2.49. The lowest BCUT2D eigenvalue weighted by Gasteiger charge is -2.20. The Morgan fingerprint density at radius 3 is 2.26 bits per heavy atom. The molecule has 7 nitrogen and oxygen atoms in total. The molecule has 0 N–H and O–H groups in total. The van der Waals surface area contributed by atoms with Crippen molar-refractivity contribution in [3.05, 3.63) is 0 Å². The fraction of sp³-hybridized carbons (Fsp3) is 0.867. The third kappa shape index (κ3) is 6.61. The largest absolute Gasteiger partial charge is 0.466 e. The second-order valence-corrected chi connectivity index (χ2v) is 7.65.